The molecule has 0 aliphatic carbocycles. The third kappa shape index (κ3) is 4.34. The molecule has 0 aliphatic rings. The molecule has 6 nitrogen and oxygen atoms in total. The molecule has 2 aromatic carbocycles. The first-order chi connectivity index (χ1) is 12.5. The van der Waals surface area contributed by atoms with E-state index in [2.05, 4.69) is 15.3 Å². The minimum absolute atomic E-state index is 0.254. The quantitative estimate of drug-likeness (QED) is 0.698. The van der Waals surface area contributed by atoms with Crippen LogP contribution in [0, 0.1) is 0 Å². The fourth-order valence-corrected chi connectivity index (χ4v) is 2.65. The number of halogens is 1. The number of hydrogen-bond acceptors (Lipinski definition) is 5. The Bertz CT molecular complexity index is 961. The van der Waals surface area contributed by atoms with Crippen molar-refractivity contribution in [1.82, 2.24) is 15.3 Å². The van der Waals surface area contributed by atoms with Crippen LogP contribution in [-0.4, -0.2) is 28.5 Å². The van der Waals surface area contributed by atoms with Gasteiger partial charge in [0.2, 0.25) is 0 Å². The van der Waals surface area contributed by atoms with Crippen molar-refractivity contribution in [3.63, 3.8) is 0 Å². The largest absolute Gasteiger partial charge is 0.452 e. The number of fused-ring (bicyclic) bond motifs is 1. The lowest BCUT2D eigenvalue weighted by atomic mass is 10.1. The van der Waals surface area contributed by atoms with E-state index in [9.17, 15) is 9.59 Å². The summed E-state index contributed by atoms with van der Waals surface area (Å²) in [6.45, 7) is 1.45. The van der Waals surface area contributed by atoms with Crippen molar-refractivity contribution in [2.24, 2.45) is 0 Å². The number of carbonyl (C=O) groups excluding carboxylic acids is 2. The van der Waals surface area contributed by atoms with Gasteiger partial charge in [0.15, 0.2) is 6.61 Å². The number of carbonyl (C=O) groups is 2. The first-order valence-corrected chi connectivity index (χ1v) is 8.33. The zero-order valence-electron chi connectivity index (χ0n) is 14.0. The van der Waals surface area contributed by atoms with Crippen LogP contribution in [-0.2, 0) is 9.53 Å². The maximum absolute atomic E-state index is 12.1. The van der Waals surface area contributed by atoms with Gasteiger partial charge in [-0.1, -0.05) is 23.7 Å². The van der Waals surface area contributed by atoms with Crippen LogP contribution in [0.2, 0.25) is 5.02 Å². The number of benzene rings is 2. The van der Waals surface area contributed by atoms with E-state index < -0.39 is 11.9 Å². The Morgan fingerprint density at radius 1 is 1.12 bits per heavy atom. The van der Waals surface area contributed by atoms with Gasteiger partial charge in [-0.15, -0.1) is 0 Å². The summed E-state index contributed by atoms with van der Waals surface area (Å²) in [6, 6.07) is 11.8. The number of nitrogens with one attached hydrogen (secondary N) is 1. The molecule has 0 bridgehead atoms. The number of hydrogen-bond donors (Lipinski definition) is 1. The summed E-state index contributed by atoms with van der Waals surface area (Å²) < 4.78 is 5.07. The van der Waals surface area contributed by atoms with Crippen LogP contribution in [0.5, 0.6) is 0 Å². The molecule has 1 atom stereocenters. The van der Waals surface area contributed by atoms with Gasteiger partial charge in [0.05, 0.1) is 22.6 Å². The van der Waals surface area contributed by atoms with Crippen LogP contribution in [0.15, 0.2) is 54.9 Å². The normalized spacial score (nSPS) is 11.8. The molecule has 0 saturated heterocycles. The van der Waals surface area contributed by atoms with Gasteiger partial charge in [0.1, 0.15) is 0 Å². The average molecular weight is 370 g/mol. The predicted octanol–water partition coefficient (Wildman–Crippen LogP) is 3.32. The SMILES string of the molecule is C[C@@H](NC(=O)COC(=O)c1ccc2nccnc2c1)c1cccc(Cl)c1. The smallest absolute Gasteiger partial charge is 0.338 e. The van der Waals surface area contributed by atoms with Gasteiger partial charge in [-0.25, -0.2) is 4.79 Å². The predicted molar refractivity (Wildman–Crippen MR) is 97.8 cm³/mol. The molecule has 0 radical (unpaired) electrons. The second-order valence-corrected chi connectivity index (χ2v) is 6.12. The van der Waals surface area contributed by atoms with E-state index in [1.54, 1.807) is 42.7 Å². The van der Waals surface area contributed by atoms with Crippen molar-refractivity contribution in [3.8, 4) is 0 Å². The lowest BCUT2D eigenvalue weighted by molar-refractivity contribution is -0.124. The minimum atomic E-state index is -0.594. The van der Waals surface area contributed by atoms with E-state index in [-0.39, 0.29) is 12.6 Å². The summed E-state index contributed by atoms with van der Waals surface area (Å²) in [4.78, 5) is 32.4. The standard InChI is InChI=1S/C19H16ClN3O3/c1-12(13-3-2-4-15(20)9-13)23-18(24)11-26-19(25)14-5-6-16-17(10-14)22-8-7-21-16/h2-10,12H,11H2,1H3,(H,23,24)/t12-/m1/s1. The monoisotopic (exact) mass is 369 g/mol. The van der Waals surface area contributed by atoms with Crippen LogP contribution >= 0.6 is 11.6 Å². The van der Waals surface area contributed by atoms with Crippen molar-refractivity contribution in [2.75, 3.05) is 6.61 Å². The Labute approximate surface area is 155 Å². The van der Waals surface area contributed by atoms with Crippen LogP contribution in [0.1, 0.15) is 28.9 Å². The molecule has 26 heavy (non-hydrogen) atoms. The Kier molecular flexibility index (Phi) is 5.43. The molecule has 0 spiro atoms. The molecule has 1 heterocycles. The zero-order valence-corrected chi connectivity index (χ0v) is 14.7. The fraction of sp³-hybridized carbons (Fsp3) is 0.158. The van der Waals surface area contributed by atoms with Gasteiger partial charge >= 0.3 is 5.97 Å². The lowest BCUT2D eigenvalue weighted by Crippen LogP contribution is -2.31. The average Bonchev–Trinajstić information content (AvgIpc) is 2.65. The number of nitrogens with zero attached hydrogens (tertiary/aromatic N) is 2. The van der Waals surface area contributed by atoms with Gasteiger partial charge in [0, 0.05) is 17.4 Å². The third-order valence-electron chi connectivity index (χ3n) is 3.77. The summed E-state index contributed by atoms with van der Waals surface area (Å²) in [6.07, 6.45) is 3.12. The molecule has 132 valence electrons. The van der Waals surface area contributed by atoms with Crippen molar-refractivity contribution in [3.05, 3.63) is 71.0 Å². The zero-order chi connectivity index (χ0) is 18.5. The van der Waals surface area contributed by atoms with Crippen LogP contribution < -0.4 is 5.32 Å². The highest BCUT2D eigenvalue weighted by molar-refractivity contribution is 6.30. The summed E-state index contributed by atoms with van der Waals surface area (Å²) >= 11 is 5.95. The van der Waals surface area contributed by atoms with Gasteiger partial charge in [-0.3, -0.25) is 14.8 Å². The van der Waals surface area contributed by atoms with E-state index >= 15 is 0 Å². The summed E-state index contributed by atoms with van der Waals surface area (Å²) in [7, 11) is 0. The molecule has 0 saturated carbocycles. The number of esters is 1. The molecule has 0 unspecified atom stereocenters. The fourth-order valence-electron chi connectivity index (χ4n) is 2.45. The maximum Gasteiger partial charge on any atom is 0.338 e. The first-order valence-electron chi connectivity index (χ1n) is 7.95. The van der Waals surface area contributed by atoms with E-state index in [4.69, 9.17) is 16.3 Å². The number of amides is 1. The second kappa shape index (κ2) is 7.93. The Morgan fingerprint density at radius 3 is 2.65 bits per heavy atom. The minimum Gasteiger partial charge on any atom is -0.452 e. The number of rotatable bonds is 5. The van der Waals surface area contributed by atoms with Gasteiger partial charge < -0.3 is 10.1 Å². The van der Waals surface area contributed by atoms with Crippen molar-refractivity contribution < 1.29 is 14.3 Å². The highest BCUT2D eigenvalue weighted by atomic mass is 35.5. The highest BCUT2D eigenvalue weighted by Gasteiger charge is 2.14. The van der Waals surface area contributed by atoms with Crippen molar-refractivity contribution >= 4 is 34.5 Å². The van der Waals surface area contributed by atoms with Crippen LogP contribution in [0.4, 0.5) is 0 Å². The molecule has 1 aromatic heterocycles. The molecule has 3 aromatic rings. The molecule has 1 N–H and O–H groups in total. The Morgan fingerprint density at radius 2 is 1.88 bits per heavy atom. The maximum atomic E-state index is 12.1. The number of aromatic nitrogens is 2. The lowest BCUT2D eigenvalue weighted by Gasteiger charge is -2.14. The highest BCUT2D eigenvalue weighted by Crippen LogP contribution is 2.17. The topological polar surface area (TPSA) is 81.2 Å². The van der Waals surface area contributed by atoms with Gasteiger partial charge in [-0.2, -0.15) is 0 Å². The molecular weight excluding hydrogens is 354 g/mol. The molecule has 3 rings (SSSR count). The van der Waals surface area contributed by atoms with Crippen LogP contribution in [0.25, 0.3) is 11.0 Å². The molecule has 0 fully saturated rings. The van der Waals surface area contributed by atoms with E-state index in [0.717, 1.165) is 5.56 Å². The first kappa shape index (κ1) is 17.8. The number of ether oxygens (including phenoxy) is 1. The van der Waals surface area contributed by atoms with Crippen molar-refractivity contribution in [1.29, 1.82) is 0 Å². The summed E-state index contributed by atoms with van der Waals surface area (Å²) in [5.41, 5.74) is 2.44. The van der Waals surface area contributed by atoms with Crippen LogP contribution in [0.3, 0.4) is 0 Å². The second-order valence-electron chi connectivity index (χ2n) is 5.68. The summed E-state index contributed by atoms with van der Waals surface area (Å²) in [5, 5.41) is 3.35. The molecule has 1 amide bonds. The Hall–Kier alpha value is -2.99. The van der Waals surface area contributed by atoms with E-state index in [0.29, 0.717) is 21.6 Å². The molecule has 7 heteroatoms. The molecule has 0 aliphatic heterocycles. The third-order valence-corrected chi connectivity index (χ3v) is 4.00. The van der Waals surface area contributed by atoms with Gasteiger partial charge in [-0.05, 0) is 42.8 Å². The van der Waals surface area contributed by atoms with Crippen molar-refractivity contribution in [2.45, 2.75) is 13.0 Å². The van der Waals surface area contributed by atoms with Gasteiger partial charge in [0.25, 0.3) is 5.91 Å². The molecular formula is C19H16ClN3O3. The van der Waals surface area contributed by atoms with E-state index in [1.807, 2.05) is 19.1 Å². The summed E-state index contributed by atoms with van der Waals surface area (Å²) in [5.74, 6) is -0.991. The Balaban J connectivity index is 1.57. The van der Waals surface area contributed by atoms with E-state index in [1.165, 1.54) is 0 Å².